The highest BCUT2D eigenvalue weighted by atomic mass is 32.2. The Bertz CT molecular complexity index is 1080. The first-order valence-electron chi connectivity index (χ1n) is 9.65. The van der Waals surface area contributed by atoms with Crippen LogP contribution in [0.1, 0.15) is 13.8 Å². The van der Waals surface area contributed by atoms with Crippen molar-refractivity contribution in [2.75, 3.05) is 36.1 Å². The molecule has 0 fully saturated rings. The van der Waals surface area contributed by atoms with Gasteiger partial charge in [-0.2, -0.15) is 4.31 Å². The van der Waals surface area contributed by atoms with Gasteiger partial charge in [0.2, 0.25) is 10.0 Å². The van der Waals surface area contributed by atoms with Crippen molar-refractivity contribution in [1.82, 2.24) is 14.3 Å². The minimum absolute atomic E-state index is 0.247. The lowest BCUT2D eigenvalue weighted by Crippen LogP contribution is -2.30. The molecular weight excluding hydrogens is 400 g/mol. The predicted molar refractivity (Wildman–Crippen MR) is 121 cm³/mol. The Morgan fingerprint density at radius 3 is 2.20 bits per heavy atom. The summed E-state index contributed by atoms with van der Waals surface area (Å²) in [4.78, 5) is 10.7. The van der Waals surface area contributed by atoms with Crippen molar-refractivity contribution in [3.8, 4) is 0 Å². The van der Waals surface area contributed by atoms with Gasteiger partial charge in [0.25, 0.3) is 0 Å². The molecule has 0 aliphatic heterocycles. The number of rotatable bonds is 8. The average Bonchev–Trinajstić information content (AvgIpc) is 2.76. The third-order valence-corrected chi connectivity index (χ3v) is 6.85. The first-order chi connectivity index (χ1) is 14.4. The van der Waals surface area contributed by atoms with E-state index in [4.69, 9.17) is 5.73 Å². The van der Waals surface area contributed by atoms with Crippen LogP contribution >= 0.6 is 0 Å². The first-order valence-corrected chi connectivity index (χ1v) is 11.1. The Morgan fingerprint density at radius 2 is 1.60 bits per heavy atom. The van der Waals surface area contributed by atoms with E-state index in [-0.39, 0.29) is 4.90 Å². The molecule has 0 bridgehead atoms. The summed E-state index contributed by atoms with van der Waals surface area (Å²) in [5.41, 5.74) is 8.32. The van der Waals surface area contributed by atoms with Crippen LogP contribution in [-0.2, 0) is 10.0 Å². The summed E-state index contributed by atoms with van der Waals surface area (Å²) in [5.74, 6) is 1.02. The average molecular weight is 427 g/mol. The molecule has 3 N–H and O–H groups in total. The van der Waals surface area contributed by atoms with Crippen molar-refractivity contribution in [3.63, 3.8) is 0 Å². The van der Waals surface area contributed by atoms with Crippen LogP contribution in [-0.4, -0.2) is 42.8 Å². The number of anilines is 5. The van der Waals surface area contributed by atoms with Crippen LogP contribution in [0.4, 0.5) is 28.7 Å². The van der Waals surface area contributed by atoms with E-state index in [1.807, 2.05) is 56.1 Å². The van der Waals surface area contributed by atoms with E-state index < -0.39 is 10.0 Å². The van der Waals surface area contributed by atoms with Crippen molar-refractivity contribution < 1.29 is 8.42 Å². The quantitative estimate of drug-likeness (QED) is 0.567. The molecule has 1 heterocycles. The Morgan fingerprint density at radius 1 is 0.967 bits per heavy atom. The van der Waals surface area contributed by atoms with Gasteiger partial charge in [0.05, 0.1) is 4.90 Å². The van der Waals surface area contributed by atoms with Crippen molar-refractivity contribution in [1.29, 1.82) is 0 Å². The lowest BCUT2D eigenvalue weighted by atomic mass is 10.3. The van der Waals surface area contributed by atoms with Crippen molar-refractivity contribution in [2.24, 2.45) is 0 Å². The standard InChI is InChI=1S/C21H26N6O2S/c1-4-27(5-2)30(28,29)18-13-11-16(12-14-18)25-20-19(22)21(24-15-23-20)26(3)17-9-7-6-8-10-17/h6-15H,4-5,22H2,1-3H3,(H,23,24,25). The molecule has 0 saturated heterocycles. The van der Waals surface area contributed by atoms with Crippen molar-refractivity contribution in [2.45, 2.75) is 18.7 Å². The number of hydrogen-bond acceptors (Lipinski definition) is 7. The van der Waals surface area contributed by atoms with Crippen LogP contribution in [0.2, 0.25) is 0 Å². The van der Waals surface area contributed by atoms with Crippen LogP contribution < -0.4 is 16.0 Å². The van der Waals surface area contributed by atoms with E-state index in [1.54, 1.807) is 24.3 Å². The highest BCUT2D eigenvalue weighted by Gasteiger charge is 2.21. The van der Waals surface area contributed by atoms with E-state index in [0.29, 0.717) is 36.1 Å². The first kappa shape index (κ1) is 21.5. The van der Waals surface area contributed by atoms with Crippen LogP contribution in [0.3, 0.4) is 0 Å². The van der Waals surface area contributed by atoms with Crippen LogP contribution in [0.5, 0.6) is 0 Å². The van der Waals surface area contributed by atoms with Gasteiger partial charge < -0.3 is 16.0 Å². The molecule has 0 aliphatic rings. The summed E-state index contributed by atoms with van der Waals surface area (Å²) < 4.78 is 26.7. The number of nitrogens with zero attached hydrogens (tertiary/aromatic N) is 4. The Labute approximate surface area is 177 Å². The lowest BCUT2D eigenvalue weighted by Gasteiger charge is -2.21. The highest BCUT2D eigenvalue weighted by Crippen LogP contribution is 2.32. The monoisotopic (exact) mass is 426 g/mol. The third-order valence-electron chi connectivity index (χ3n) is 4.78. The Balaban J connectivity index is 1.84. The van der Waals surface area contributed by atoms with Gasteiger partial charge in [-0.1, -0.05) is 32.0 Å². The molecule has 0 radical (unpaired) electrons. The molecule has 8 nitrogen and oxygen atoms in total. The largest absolute Gasteiger partial charge is 0.393 e. The van der Waals surface area contributed by atoms with Crippen LogP contribution in [0.25, 0.3) is 0 Å². The maximum atomic E-state index is 12.6. The summed E-state index contributed by atoms with van der Waals surface area (Å²) in [5, 5.41) is 3.14. The molecule has 0 atom stereocenters. The fourth-order valence-electron chi connectivity index (χ4n) is 3.09. The number of hydrogen-bond donors (Lipinski definition) is 2. The molecule has 158 valence electrons. The molecule has 2 aromatic carbocycles. The van der Waals surface area contributed by atoms with E-state index in [9.17, 15) is 8.42 Å². The number of para-hydroxylation sites is 1. The van der Waals surface area contributed by atoms with Gasteiger partial charge in [0.1, 0.15) is 12.0 Å². The predicted octanol–water partition coefficient (Wildman–Crippen LogP) is 3.60. The minimum Gasteiger partial charge on any atom is -0.393 e. The van der Waals surface area contributed by atoms with Gasteiger partial charge in [-0.25, -0.2) is 18.4 Å². The van der Waals surface area contributed by atoms with E-state index in [2.05, 4.69) is 15.3 Å². The number of sulfonamides is 1. The summed E-state index contributed by atoms with van der Waals surface area (Å²) >= 11 is 0. The smallest absolute Gasteiger partial charge is 0.243 e. The summed E-state index contributed by atoms with van der Waals surface area (Å²) in [6, 6.07) is 16.3. The SMILES string of the molecule is CCN(CC)S(=O)(=O)c1ccc(Nc2ncnc(N(C)c3ccccc3)c2N)cc1. The number of benzene rings is 2. The zero-order chi connectivity index (χ0) is 21.7. The van der Waals surface area contributed by atoms with E-state index >= 15 is 0 Å². The second-order valence-corrected chi connectivity index (χ2v) is 8.53. The molecule has 9 heteroatoms. The van der Waals surface area contributed by atoms with Gasteiger partial charge in [-0.3, -0.25) is 0 Å². The van der Waals surface area contributed by atoms with Gasteiger partial charge >= 0.3 is 0 Å². The third kappa shape index (κ3) is 4.37. The van der Waals surface area contributed by atoms with Gasteiger partial charge in [-0.05, 0) is 36.4 Å². The van der Waals surface area contributed by atoms with Gasteiger partial charge in [0, 0.05) is 31.5 Å². The molecule has 0 spiro atoms. The second kappa shape index (κ2) is 9.10. The number of aromatic nitrogens is 2. The van der Waals surface area contributed by atoms with E-state index in [0.717, 1.165) is 5.69 Å². The van der Waals surface area contributed by atoms with Crippen molar-refractivity contribution >= 4 is 38.7 Å². The molecule has 1 aromatic heterocycles. The molecular formula is C21H26N6O2S. The molecule has 3 rings (SSSR count). The minimum atomic E-state index is -3.50. The van der Waals surface area contributed by atoms with Crippen LogP contribution in [0, 0.1) is 0 Å². The van der Waals surface area contributed by atoms with Crippen LogP contribution in [0.15, 0.2) is 65.8 Å². The molecule has 0 aliphatic carbocycles. The highest BCUT2D eigenvalue weighted by molar-refractivity contribution is 7.89. The maximum absolute atomic E-state index is 12.6. The summed E-state index contributed by atoms with van der Waals surface area (Å²) in [6.45, 7) is 4.49. The zero-order valence-corrected chi connectivity index (χ0v) is 18.1. The molecule has 3 aromatic rings. The van der Waals surface area contributed by atoms with E-state index in [1.165, 1.54) is 10.6 Å². The summed E-state index contributed by atoms with van der Waals surface area (Å²) in [7, 11) is -1.62. The van der Waals surface area contributed by atoms with Gasteiger partial charge in [-0.15, -0.1) is 0 Å². The van der Waals surface area contributed by atoms with Gasteiger partial charge in [0.15, 0.2) is 11.6 Å². The Kier molecular flexibility index (Phi) is 6.53. The normalized spacial score (nSPS) is 11.5. The van der Waals surface area contributed by atoms with Crippen molar-refractivity contribution in [3.05, 3.63) is 60.9 Å². The topological polar surface area (TPSA) is 104 Å². The number of nitrogen functional groups attached to an aromatic ring is 1. The molecule has 0 unspecified atom stereocenters. The Hall–Kier alpha value is -3.17. The zero-order valence-electron chi connectivity index (χ0n) is 17.3. The number of nitrogens with two attached hydrogens (primary N) is 1. The maximum Gasteiger partial charge on any atom is 0.243 e. The number of nitrogens with one attached hydrogen (secondary N) is 1. The molecule has 30 heavy (non-hydrogen) atoms. The fraction of sp³-hybridized carbons (Fsp3) is 0.238. The molecule has 0 amide bonds. The lowest BCUT2D eigenvalue weighted by molar-refractivity contribution is 0.445. The fourth-order valence-corrected chi connectivity index (χ4v) is 4.54. The summed E-state index contributed by atoms with van der Waals surface area (Å²) in [6.07, 6.45) is 1.44. The second-order valence-electron chi connectivity index (χ2n) is 6.59. The molecule has 0 saturated carbocycles.